The van der Waals surface area contributed by atoms with Crippen molar-refractivity contribution in [2.75, 3.05) is 30.0 Å². The molecule has 1 aliphatic rings. The van der Waals surface area contributed by atoms with E-state index in [2.05, 4.69) is 11.8 Å². The van der Waals surface area contributed by atoms with Crippen molar-refractivity contribution in [2.45, 2.75) is 26.7 Å². The zero-order valence-corrected chi connectivity index (χ0v) is 13.2. The molecule has 20 heavy (non-hydrogen) atoms. The highest BCUT2D eigenvalue weighted by atomic mass is 32.2. The highest BCUT2D eigenvalue weighted by Crippen LogP contribution is 2.48. The fourth-order valence-corrected chi connectivity index (χ4v) is 4.28. The Bertz CT molecular complexity index is 591. The first-order valence-corrected chi connectivity index (χ1v) is 9.03. The van der Waals surface area contributed by atoms with Gasteiger partial charge in [-0.2, -0.15) is 0 Å². The quantitative estimate of drug-likeness (QED) is 0.875. The summed E-state index contributed by atoms with van der Waals surface area (Å²) in [5.41, 5.74) is 1.99. The Morgan fingerprint density at radius 2 is 2.00 bits per heavy atom. The van der Waals surface area contributed by atoms with Gasteiger partial charge in [-0.3, -0.25) is 0 Å². The Morgan fingerprint density at radius 3 is 2.50 bits per heavy atom. The van der Waals surface area contributed by atoms with Crippen molar-refractivity contribution < 1.29 is 13.5 Å². The fraction of sp³-hybridized carbons (Fsp3) is 0.600. The lowest BCUT2D eigenvalue weighted by molar-refractivity contribution is 0.474. The van der Waals surface area contributed by atoms with Crippen molar-refractivity contribution >= 4 is 15.5 Å². The zero-order chi connectivity index (χ0) is 15.0. The van der Waals surface area contributed by atoms with Crippen molar-refractivity contribution in [3.05, 3.63) is 23.8 Å². The molecule has 0 unspecified atom stereocenters. The molecule has 0 atom stereocenters. The van der Waals surface area contributed by atoms with E-state index in [-0.39, 0.29) is 16.9 Å². The van der Waals surface area contributed by atoms with Crippen LogP contribution in [0, 0.1) is 12.3 Å². The Morgan fingerprint density at radius 1 is 1.35 bits per heavy atom. The first-order chi connectivity index (χ1) is 9.25. The summed E-state index contributed by atoms with van der Waals surface area (Å²) >= 11 is 0. The number of sulfone groups is 1. The van der Waals surface area contributed by atoms with Gasteiger partial charge in [0.2, 0.25) is 0 Å². The molecule has 1 N–H and O–H groups in total. The number of nitrogens with zero attached hydrogens (tertiary/aromatic N) is 1. The summed E-state index contributed by atoms with van der Waals surface area (Å²) in [5, 5.41) is 9.66. The number of phenols is 1. The smallest absolute Gasteiger partial charge is 0.148 e. The van der Waals surface area contributed by atoms with E-state index in [1.807, 2.05) is 13.0 Å². The van der Waals surface area contributed by atoms with Crippen LogP contribution in [0.25, 0.3) is 0 Å². The molecule has 0 bridgehead atoms. The van der Waals surface area contributed by atoms with Crippen LogP contribution >= 0.6 is 0 Å². The number of aryl methyl sites for hydroxylation is 1. The second-order valence-electron chi connectivity index (χ2n) is 6.06. The van der Waals surface area contributed by atoms with Gasteiger partial charge in [0, 0.05) is 36.5 Å². The van der Waals surface area contributed by atoms with Crippen molar-refractivity contribution in [3.8, 4) is 5.75 Å². The van der Waals surface area contributed by atoms with Gasteiger partial charge in [-0.1, -0.05) is 6.07 Å². The van der Waals surface area contributed by atoms with E-state index < -0.39 is 9.84 Å². The molecule has 1 saturated carbocycles. The summed E-state index contributed by atoms with van der Waals surface area (Å²) in [7, 11) is -2.95. The molecular formula is C15H23NO3S. The molecule has 0 aromatic heterocycles. The monoisotopic (exact) mass is 297 g/mol. The predicted octanol–water partition coefficient (Wildman–Crippen LogP) is 2.35. The molecule has 0 aliphatic heterocycles. The van der Waals surface area contributed by atoms with Crippen molar-refractivity contribution in [3.63, 3.8) is 0 Å². The highest BCUT2D eigenvalue weighted by molar-refractivity contribution is 7.90. The molecule has 112 valence electrons. The predicted molar refractivity (Wildman–Crippen MR) is 82.1 cm³/mol. The average Bonchev–Trinajstić information content (AvgIpc) is 3.07. The molecule has 1 aromatic carbocycles. The van der Waals surface area contributed by atoms with E-state index >= 15 is 0 Å². The van der Waals surface area contributed by atoms with Crippen LogP contribution in [0.1, 0.15) is 25.3 Å². The molecular weight excluding hydrogens is 274 g/mol. The normalized spacial score (nSPS) is 16.9. The SMILES string of the molecule is CCN(CC1(CS(C)(=O)=O)CC1)c1cc(O)ccc1C. The van der Waals surface area contributed by atoms with E-state index in [1.165, 1.54) is 6.26 Å². The van der Waals surface area contributed by atoms with Gasteiger partial charge in [-0.15, -0.1) is 0 Å². The summed E-state index contributed by atoms with van der Waals surface area (Å²) < 4.78 is 23.1. The number of anilines is 1. The third kappa shape index (κ3) is 3.66. The lowest BCUT2D eigenvalue weighted by Crippen LogP contribution is -2.34. The van der Waals surface area contributed by atoms with Gasteiger partial charge >= 0.3 is 0 Å². The fourth-order valence-electron chi connectivity index (χ4n) is 2.79. The van der Waals surface area contributed by atoms with E-state index in [0.717, 1.165) is 37.2 Å². The van der Waals surface area contributed by atoms with Crippen LogP contribution in [0.2, 0.25) is 0 Å². The molecule has 1 aromatic rings. The molecule has 0 amide bonds. The molecule has 0 heterocycles. The molecule has 0 radical (unpaired) electrons. The second-order valence-corrected chi connectivity index (χ2v) is 8.20. The zero-order valence-electron chi connectivity index (χ0n) is 12.4. The third-order valence-electron chi connectivity index (χ3n) is 3.97. The van der Waals surface area contributed by atoms with E-state index in [9.17, 15) is 13.5 Å². The minimum Gasteiger partial charge on any atom is -0.508 e. The summed E-state index contributed by atoms with van der Waals surface area (Å²) in [5.74, 6) is 0.506. The minimum atomic E-state index is -2.95. The van der Waals surface area contributed by atoms with Crippen LogP contribution in [-0.2, 0) is 9.84 Å². The van der Waals surface area contributed by atoms with Crippen LogP contribution in [0.5, 0.6) is 5.75 Å². The number of hydrogen-bond donors (Lipinski definition) is 1. The van der Waals surface area contributed by atoms with Gasteiger partial charge in [0.15, 0.2) is 0 Å². The van der Waals surface area contributed by atoms with Gasteiger partial charge in [0.1, 0.15) is 15.6 Å². The van der Waals surface area contributed by atoms with Gasteiger partial charge in [0.05, 0.1) is 5.75 Å². The molecule has 1 aliphatic carbocycles. The Kier molecular flexibility index (Phi) is 4.00. The maximum Gasteiger partial charge on any atom is 0.148 e. The third-order valence-corrected chi connectivity index (χ3v) is 5.10. The standard InChI is InChI=1S/C15H23NO3S/c1-4-16(14-9-13(17)6-5-12(14)2)10-15(7-8-15)11-20(3,18)19/h5-6,9,17H,4,7-8,10-11H2,1-3H3. The summed E-state index contributed by atoms with van der Waals surface area (Å²) in [6.07, 6.45) is 3.24. The van der Waals surface area contributed by atoms with E-state index in [4.69, 9.17) is 0 Å². The highest BCUT2D eigenvalue weighted by Gasteiger charge is 2.46. The summed E-state index contributed by atoms with van der Waals surface area (Å²) in [6, 6.07) is 5.33. The maximum atomic E-state index is 11.6. The maximum absolute atomic E-state index is 11.6. The largest absolute Gasteiger partial charge is 0.508 e. The van der Waals surface area contributed by atoms with Crippen molar-refractivity contribution in [1.29, 1.82) is 0 Å². The van der Waals surface area contributed by atoms with Crippen molar-refractivity contribution in [2.24, 2.45) is 5.41 Å². The number of rotatable bonds is 6. The van der Waals surface area contributed by atoms with Crippen LogP contribution < -0.4 is 4.90 Å². The van der Waals surface area contributed by atoms with Crippen LogP contribution in [0.4, 0.5) is 5.69 Å². The van der Waals surface area contributed by atoms with Crippen LogP contribution in [0.3, 0.4) is 0 Å². The molecule has 4 nitrogen and oxygen atoms in total. The Hall–Kier alpha value is -1.23. The van der Waals surface area contributed by atoms with Crippen molar-refractivity contribution in [1.82, 2.24) is 0 Å². The van der Waals surface area contributed by atoms with Gasteiger partial charge in [0.25, 0.3) is 0 Å². The molecule has 0 spiro atoms. The lowest BCUT2D eigenvalue weighted by atomic mass is 10.1. The van der Waals surface area contributed by atoms with E-state index in [0.29, 0.717) is 0 Å². The Balaban J connectivity index is 2.19. The summed E-state index contributed by atoms with van der Waals surface area (Å²) in [6.45, 7) is 5.60. The summed E-state index contributed by atoms with van der Waals surface area (Å²) in [4.78, 5) is 2.17. The van der Waals surface area contributed by atoms with Crippen LogP contribution in [0.15, 0.2) is 18.2 Å². The molecule has 0 saturated heterocycles. The van der Waals surface area contributed by atoms with Gasteiger partial charge < -0.3 is 10.0 Å². The lowest BCUT2D eigenvalue weighted by Gasteiger charge is -2.29. The Labute approximate surface area is 121 Å². The first kappa shape index (κ1) is 15.2. The van der Waals surface area contributed by atoms with Crippen LogP contribution in [-0.4, -0.2) is 38.6 Å². The van der Waals surface area contributed by atoms with Gasteiger partial charge in [-0.05, 0) is 38.3 Å². The number of hydrogen-bond acceptors (Lipinski definition) is 4. The molecule has 5 heteroatoms. The van der Waals surface area contributed by atoms with E-state index in [1.54, 1.807) is 12.1 Å². The minimum absolute atomic E-state index is 0.0957. The number of benzene rings is 1. The van der Waals surface area contributed by atoms with Gasteiger partial charge in [-0.25, -0.2) is 8.42 Å². The topological polar surface area (TPSA) is 57.6 Å². The molecule has 1 fully saturated rings. The molecule has 2 rings (SSSR count). The number of phenolic OH excluding ortho intramolecular Hbond substituents is 1. The first-order valence-electron chi connectivity index (χ1n) is 6.97. The second kappa shape index (κ2) is 5.28. The average molecular weight is 297 g/mol. The number of aromatic hydroxyl groups is 1.